The Bertz CT molecular complexity index is 678. The van der Waals surface area contributed by atoms with E-state index in [0.29, 0.717) is 36.2 Å². The van der Waals surface area contributed by atoms with Crippen molar-refractivity contribution in [2.75, 3.05) is 20.1 Å². The first-order valence-corrected chi connectivity index (χ1v) is 11.3. The van der Waals surface area contributed by atoms with Gasteiger partial charge in [0.15, 0.2) is 0 Å². The minimum atomic E-state index is 0.200. The van der Waals surface area contributed by atoms with Crippen LogP contribution in [0.25, 0.3) is 0 Å². The van der Waals surface area contributed by atoms with Gasteiger partial charge in [0.2, 0.25) is 5.91 Å². The molecule has 1 aromatic rings. The number of rotatable bonds is 10. The van der Waals surface area contributed by atoms with Crippen LogP contribution in [0.5, 0.6) is 0 Å². The van der Waals surface area contributed by atoms with Crippen LogP contribution in [0.4, 0.5) is 0 Å². The van der Waals surface area contributed by atoms with Crippen molar-refractivity contribution >= 4 is 12.2 Å². The van der Waals surface area contributed by atoms with Crippen molar-refractivity contribution in [3.63, 3.8) is 0 Å². The molecule has 2 atom stereocenters. The number of carbonyl (C=O) groups is 2. The molecule has 2 aliphatic rings. The second-order valence-electron chi connectivity index (χ2n) is 9.10. The molecule has 2 fully saturated rings. The molecule has 0 aromatic heterocycles. The van der Waals surface area contributed by atoms with Crippen LogP contribution in [-0.4, -0.2) is 66.3 Å². The molecule has 1 N–H and O–H groups in total. The van der Waals surface area contributed by atoms with Gasteiger partial charge in [-0.1, -0.05) is 18.2 Å². The maximum absolute atomic E-state index is 12.9. The fraction of sp³-hybridized carbons (Fsp3) is 0.667. The molecule has 0 spiro atoms. The molecule has 5 heteroatoms. The van der Waals surface area contributed by atoms with E-state index in [2.05, 4.69) is 36.0 Å². The number of benzene rings is 1. The summed E-state index contributed by atoms with van der Waals surface area (Å²) in [6.45, 7) is 6.43. The van der Waals surface area contributed by atoms with E-state index in [1.807, 2.05) is 18.2 Å². The van der Waals surface area contributed by atoms with Crippen molar-refractivity contribution in [2.45, 2.75) is 83.0 Å². The first kappa shape index (κ1) is 22.0. The molecule has 1 aliphatic heterocycles. The predicted molar refractivity (Wildman–Crippen MR) is 117 cm³/mol. The molecule has 29 heavy (non-hydrogen) atoms. The van der Waals surface area contributed by atoms with Gasteiger partial charge < -0.3 is 10.2 Å². The summed E-state index contributed by atoms with van der Waals surface area (Å²) in [7, 11) is 2.22. The molecule has 160 valence electrons. The van der Waals surface area contributed by atoms with Gasteiger partial charge in [-0.15, -0.1) is 0 Å². The van der Waals surface area contributed by atoms with Crippen LogP contribution >= 0.6 is 0 Å². The number of hydrogen-bond acceptors (Lipinski definition) is 4. The number of amides is 1. The number of nitrogens with one attached hydrogen (secondary N) is 1. The maximum Gasteiger partial charge on any atom is 0.227 e. The molecule has 1 heterocycles. The minimum absolute atomic E-state index is 0.200. The second-order valence-corrected chi connectivity index (χ2v) is 9.10. The van der Waals surface area contributed by atoms with E-state index in [1.165, 1.54) is 12.8 Å². The smallest absolute Gasteiger partial charge is 0.227 e. The molecule has 0 radical (unpaired) electrons. The summed E-state index contributed by atoms with van der Waals surface area (Å²) in [6.07, 6.45) is 8.16. The van der Waals surface area contributed by atoms with Crippen LogP contribution < -0.4 is 5.32 Å². The Labute approximate surface area is 175 Å². The van der Waals surface area contributed by atoms with Crippen molar-refractivity contribution in [1.82, 2.24) is 15.1 Å². The minimum Gasteiger partial charge on any atom is -0.339 e. The first-order valence-electron chi connectivity index (χ1n) is 11.3. The topological polar surface area (TPSA) is 52.7 Å². The van der Waals surface area contributed by atoms with Crippen molar-refractivity contribution in [2.24, 2.45) is 0 Å². The number of aldehydes is 1. The van der Waals surface area contributed by atoms with Crippen molar-refractivity contribution in [3.8, 4) is 0 Å². The molecular weight excluding hydrogens is 362 g/mol. The summed E-state index contributed by atoms with van der Waals surface area (Å²) in [5, 5.41) is 3.73. The number of hydrogen-bond donors (Lipinski definition) is 1. The molecule has 1 saturated carbocycles. The predicted octanol–water partition coefficient (Wildman–Crippen LogP) is 3.27. The van der Waals surface area contributed by atoms with Crippen LogP contribution in [-0.2, 0) is 11.2 Å². The maximum atomic E-state index is 12.9. The van der Waals surface area contributed by atoms with Crippen LogP contribution in [0.2, 0.25) is 0 Å². The molecule has 1 aromatic carbocycles. The average Bonchev–Trinajstić information content (AvgIpc) is 3.56. The van der Waals surface area contributed by atoms with Gasteiger partial charge in [-0.05, 0) is 71.0 Å². The van der Waals surface area contributed by atoms with Gasteiger partial charge in [0.25, 0.3) is 0 Å². The summed E-state index contributed by atoms with van der Waals surface area (Å²) in [4.78, 5) is 28.4. The van der Waals surface area contributed by atoms with Crippen LogP contribution in [0, 0.1) is 0 Å². The quantitative estimate of drug-likeness (QED) is 0.614. The highest BCUT2D eigenvalue weighted by Gasteiger charge is 2.32. The number of carbonyl (C=O) groups excluding carboxylic acids is 2. The zero-order chi connectivity index (χ0) is 20.8. The van der Waals surface area contributed by atoms with Gasteiger partial charge in [-0.2, -0.15) is 0 Å². The summed E-state index contributed by atoms with van der Waals surface area (Å²) < 4.78 is 0. The summed E-state index contributed by atoms with van der Waals surface area (Å²) in [6, 6.07) is 9.63. The highest BCUT2D eigenvalue weighted by Crippen LogP contribution is 2.28. The molecule has 1 saturated heterocycles. The Balaban J connectivity index is 1.43. The Morgan fingerprint density at radius 2 is 1.97 bits per heavy atom. The zero-order valence-electron chi connectivity index (χ0n) is 18.3. The second kappa shape index (κ2) is 10.4. The third kappa shape index (κ3) is 6.38. The van der Waals surface area contributed by atoms with E-state index in [1.54, 1.807) is 6.07 Å². The molecule has 1 unspecified atom stereocenters. The largest absolute Gasteiger partial charge is 0.339 e. The highest BCUT2D eigenvalue weighted by molar-refractivity contribution is 5.81. The molecule has 3 rings (SSSR count). The Morgan fingerprint density at radius 3 is 2.59 bits per heavy atom. The molecule has 1 aliphatic carbocycles. The van der Waals surface area contributed by atoms with E-state index < -0.39 is 0 Å². The van der Waals surface area contributed by atoms with E-state index in [-0.39, 0.29) is 5.91 Å². The Hall–Kier alpha value is -1.72. The van der Waals surface area contributed by atoms with Gasteiger partial charge in [-0.3, -0.25) is 14.5 Å². The standard InChI is InChI=1S/C24H37N3O2/c1-18(2)26(3)23-10-9-21(25-16-23)8-5-13-27(22-11-12-22)24(29)15-19-6-4-7-20(14-19)17-28/h4,6-7,14,17-18,21-23,25H,5,8-13,15-16H2,1-3H3/t21?,23-/m1/s1. The molecule has 5 nitrogen and oxygen atoms in total. The van der Waals surface area contributed by atoms with Crippen molar-refractivity contribution in [1.29, 1.82) is 0 Å². The van der Waals surface area contributed by atoms with E-state index in [4.69, 9.17) is 0 Å². The normalized spacial score (nSPS) is 22.1. The molecular formula is C24H37N3O2. The zero-order valence-corrected chi connectivity index (χ0v) is 18.3. The van der Waals surface area contributed by atoms with Crippen LogP contribution in [0.15, 0.2) is 24.3 Å². The summed E-state index contributed by atoms with van der Waals surface area (Å²) >= 11 is 0. The van der Waals surface area contributed by atoms with Gasteiger partial charge in [-0.25, -0.2) is 0 Å². The van der Waals surface area contributed by atoms with E-state index in [0.717, 1.165) is 50.6 Å². The van der Waals surface area contributed by atoms with Gasteiger partial charge >= 0.3 is 0 Å². The molecule has 0 bridgehead atoms. The Morgan fingerprint density at radius 1 is 1.21 bits per heavy atom. The summed E-state index contributed by atoms with van der Waals surface area (Å²) in [5.74, 6) is 0.200. The van der Waals surface area contributed by atoms with Crippen LogP contribution in [0.1, 0.15) is 68.3 Å². The third-order valence-electron chi connectivity index (χ3n) is 6.58. The highest BCUT2D eigenvalue weighted by atomic mass is 16.2. The fourth-order valence-corrected chi connectivity index (χ4v) is 4.37. The van der Waals surface area contributed by atoms with Gasteiger partial charge in [0.05, 0.1) is 6.42 Å². The fourth-order valence-electron chi connectivity index (χ4n) is 4.37. The van der Waals surface area contributed by atoms with Crippen molar-refractivity contribution in [3.05, 3.63) is 35.4 Å². The average molecular weight is 400 g/mol. The van der Waals surface area contributed by atoms with Crippen molar-refractivity contribution < 1.29 is 9.59 Å². The van der Waals surface area contributed by atoms with Crippen LogP contribution in [0.3, 0.4) is 0 Å². The lowest BCUT2D eigenvalue weighted by atomic mass is 9.96. The monoisotopic (exact) mass is 399 g/mol. The number of likely N-dealkylation sites (N-methyl/N-ethyl adjacent to an activating group) is 1. The van der Waals surface area contributed by atoms with E-state index in [9.17, 15) is 9.59 Å². The SMILES string of the molecule is CC(C)N(C)[C@@H]1CCC(CCCN(C(=O)Cc2cccc(C=O)c2)C2CC2)NC1. The number of nitrogens with zero attached hydrogens (tertiary/aromatic N) is 2. The van der Waals surface area contributed by atoms with Gasteiger partial charge in [0, 0.05) is 42.8 Å². The lowest BCUT2D eigenvalue weighted by molar-refractivity contribution is -0.131. The van der Waals surface area contributed by atoms with Gasteiger partial charge in [0.1, 0.15) is 6.29 Å². The molecule has 1 amide bonds. The first-order chi connectivity index (χ1) is 14.0. The number of piperidine rings is 1. The third-order valence-corrected chi connectivity index (χ3v) is 6.58. The summed E-state index contributed by atoms with van der Waals surface area (Å²) in [5.41, 5.74) is 1.57. The Kier molecular flexibility index (Phi) is 7.84. The van der Waals surface area contributed by atoms with E-state index >= 15 is 0 Å². The lowest BCUT2D eigenvalue weighted by Crippen LogP contribution is -2.50. The lowest BCUT2D eigenvalue weighted by Gasteiger charge is -2.37.